The molecular formula is C21H16BrN5O4. The maximum Gasteiger partial charge on any atom is 0.308 e. The second kappa shape index (κ2) is 9.69. The van der Waals surface area contributed by atoms with Gasteiger partial charge in [-0.25, -0.2) is 10.4 Å². The molecular weight excluding hydrogens is 466 g/mol. The van der Waals surface area contributed by atoms with E-state index in [-0.39, 0.29) is 23.0 Å². The number of rotatable bonds is 6. The van der Waals surface area contributed by atoms with Crippen LogP contribution in [0.1, 0.15) is 18.1 Å². The normalized spacial score (nSPS) is 10.5. The SMILES string of the molecule is COc1cc(C=NNc2nc(-c3ccccc3)c(C#N)c(=O)[nH]2)c(Br)cc1OC(C)=O. The van der Waals surface area contributed by atoms with E-state index in [1.807, 2.05) is 12.1 Å². The smallest absolute Gasteiger partial charge is 0.308 e. The number of hydrazone groups is 1. The van der Waals surface area contributed by atoms with E-state index in [4.69, 9.17) is 9.47 Å². The molecule has 0 amide bonds. The number of esters is 1. The summed E-state index contributed by atoms with van der Waals surface area (Å²) in [6.07, 6.45) is 1.46. The summed E-state index contributed by atoms with van der Waals surface area (Å²) in [6.45, 7) is 1.29. The number of nitrogens with one attached hydrogen (secondary N) is 2. The van der Waals surface area contributed by atoms with Crippen molar-refractivity contribution in [3.63, 3.8) is 0 Å². The third-order valence-electron chi connectivity index (χ3n) is 3.99. The topological polar surface area (TPSA) is 129 Å². The lowest BCUT2D eigenvalue weighted by molar-refractivity contribution is -0.132. The van der Waals surface area contributed by atoms with Gasteiger partial charge in [0.25, 0.3) is 5.56 Å². The largest absolute Gasteiger partial charge is 0.493 e. The number of ether oxygens (including phenoxy) is 2. The zero-order valence-corrected chi connectivity index (χ0v) is 18.1. The molecule has 0 bridgehead atoms. The molecule has 2 aromatic carbocycles. The van der Waals surface area contributed by atoms with Crippen LogP contribution in [0.2, 0.25) is 0 Å². The molecule has 3 aromatic rings. The standard InChI is InChI=1S/C21H16BrN5O4/c1-12(28)31-18-9-16(22)14(8-17(18)30-2)11-24-27-21-25-19(13-6-4-3-5-7-13)15(10-23)20(29)26-21/h3-9,11H,1-2H3,(H2,25,26,27,29). The molecule has 0 spiro atoms. The summed E-state index contributed by atoms with van der Waals surface area (Å²) in [4.78, 5) is 30.3. The molecule has 0 unspecified atom stereocenters. The van der Waals surface area contributed by atoms with Gasteiger partial charge in [0.1, 0.15) is 11.6 Å². The Labute approximate surface area is 185 Å². The fraction of sp³-hybridized carbons (Fsp3) is 0.0952. The number of aromatic nitrogens is 2. The number of hydrogen-bond acceptors (Lipinski definition) is 8. The van der Waals surface area contributed by atoms with Gasteiger partial charge in [-0.2, -0.15) is 10.4 Å². The first-order valence-corrected chi connectivity index (χ1v) is 9.67. The summed E-state index contributed by atoms with van der Waals surface area (Å²) < 4.78 is 10.9. The number of carbonyl (C=O) groups excluding carboxylic acids is 1. The molecule has 9 nitrogen and oxygen atoms in total. The fourth-order valence-corrected chi connectivity index (χ4v) is 3.07. The number of hydrogen-bond donors (Lipinski definition) is 2. The molecule has 0 radical (unpaired) electrons. The average molecular weight is 482 g/mol. The van der Waals surface area contributed by atoms with Gasteiger partial charge >= 0.3 is 5.97 Å². The monoisotopic (exact) mass is 481 g/mol. The quantitative estimate of drug-likeness (QED) is 0.238. The average Bonchev–Trinajstić information content (AvgIpc) is 2.75. The summed E-state index contributed by atoms with van der Waals surface area (Å²) >= 11 is 3.38. The third kappa shape index (κ3) is 5.15. The zero-order chi connectivity index (χ0) is 22.4. The Morgan fingerprint density at radius 1 is 1.29 bits per heavy atom. The van der Waals surface area contributed by atoms with Gasteiger partial charge in [0, 0.05) is 22.5 Å². The number of halogens is 1. The summed E-state index contributed by atoms with van der Waals surface area (Å²) in [5.41, 5.74) is 3.47. The number of nitrogens with zero attached hydrogens (tertiary/aromatic N) is 3. The summed E-state index contributed by atoms with van der Waals surface area (Å²) in [5.74, 6) is 0.200. The van der Waals surface area contributed by atoms with Gasteiger partial charge < -0.3 is 9.47 Å². The molecule has 1 aromatic heterocycles. The molecule has 0 fully saturated rings. The van der Waals surface area contributed by atoms with Gasteiger partial charge in [-0.3, -0.25) is 14.6 Å². The molecule has 0 saturated carbocycles. The first-order valence-electron chi connectivity index (χ1n) is 8.87. The van der Waals surface area contributed by atoms with E-state index in [9.17, 15) is 14.9 Å². The van der Waals surface area contributed by atoms with E-state index >= 15 is 0 Å². The van der Waals surface area contributed by atoms with E-state index in [2.05, 4.69) is 36.4 Å². The first kappa shape index (κ1) is 21.7. The van der Waals surface area contributed by atoms with Crippen LogP contribution >= 0.6 is 15.9 Å². The van der Waals surface area contributed by atoms with Crippen molar-refractivity contribution >= 4 is 34.1 Å². The maximum absolute atomic E-state index is 12.3. The first-order chi connectivity index (χ1) is 14.9. The van der Waals surface area contributed by atoms with Crippen molar-refractivity contribution in [3.05, 3.63) is 68.4 Å². The second-order valence-electron chi connectivity index (χ2n) is 6.10. The highest BCUT2D eigenvalue weighted by molar-refractivity contribution is 9.10. The Morgan fingerprint density at radius 2 is 2.03 bits per heavy atom. The van der Waals surface area contributed by atoms with Crippen LogP contribution in [0, 0.1) is 11.3 Å². The van der Waals surface area contributed by atoms with Crippen LogP contribution in [0.3, 0.4) is 0 Å². The van der Waals surface area contributed by atoms with Crippen molar-refractivity contribution in [2.75, 3.05) is 12.5 Å². The van der Waals surface area contributed by atoms with E-state index in [0.29, 0.717) is 21.3 Å². The summed E-state index contributed by atoms with van der Waals surface area (Å²) in [7, 11) is 1.45. The number of benzene rings is 2. The van der Waals surface area contributed by atoms with Crippen molar-refractivity contribution in [1.29, 1.82) is 5.26 Å². The van der Waals surface area contributed by atoms with Gasteiger partial charge in [-0.1, -0.05) is 30.3 Å². The predicted octanol–water partition coefficient (Wildman–Crippen LogP) is 3.45. The predicted molar refractivity (Wildman–Crippen MR) is 118 cm³/mol. The Hall–Kier alpha value is -3.97. The molecule has 1 heterocycles. The van der Waals surface area contributed by atoms with Gasteiger partial charge in [0.2, 0.25) is 5.95 Å². The van der Waals surface area contributed by atoms with E-state index in [1.165, 1.54) is 20.2 Å². The number of H-pyrrole nitrogens is 1. The second-order valence-corrected chi connectivity index (χ2v) is 6.96. The van der Waals surface area contributed by atoms with Crippen LogP contribution in [0.25, 0.3) is 11.3 Å². The van der Waals surface area contributed by atoms with E-state index in [1.54, 1.807) is 36.4 Å². The molecule has 0 saturated heterocycles. The van der Waals surface area contributed by atoms with Crippen LogP contribution in [-0.4, -0.2) is 29.3 Å². The third-order valence-corrected chi connectivity index (χ3v) is 4.68. The molecule has 0 aliphatic heterocycles. The Balaban J connectivity index is 1.89. The maximum atomic E-state index is 12.3. The fourth-order valence-electron chi connectivity index (χ4n) is 2.64. The van der Waals surface area contributed by atoms with Crippen molar-refractivity contribution in [2.45, 2.75) is 6.92 Å². The Morgan fingerprint density at radius 3 is 2.68 bits per heavy atom. The van der Waals surface area contributed by atoms with E-state index < -0.39 is 11.5 Å². The molecule has 0 atom stereocenters. The Kier molecular flexibility index (Phi) is 6.79. The Bertz CT molecular complexity index is 1250. The zero-order valence-electron chi connectivity index (χ0n) is 16.5. The summed E-state index contributed by atoms with van der Waals surface area (Å²) in [6, 6.07) is 14.0. The minimum Gasteiger partial charge on any atom is -0.493 e. The van der Waals surface area contributed by atoms with Crippen molar-refractivity contribution in [2.24, 2.45) is 5.10 Å². The number of methoxy groups -OCH3 is 1. The molecule has 156 valence electrons. The molecule has 10 heteroatoms. The summed E-state index contributed by atoms with van der Waals surface area (Å²) in [5, 5.41) is 13.4. The van der Waals surface area contributed by atoms with E-state index in [0.717, 1.165) is 0 Å². The molecule has 0 aliphatic carbocycles. The highest BCUT2D eigenvalue weighted by atomic mass is 79.9. The lowest BCUT2D eigenvalue weighted by Gasteiger charge is -2.10. The molecule has 2 N–H and O–H groups in total. The van der Waals surface area contributed by atoms with Gasteiger partial charge in [0.05, 0.1) is 19.0 Å². The molecule has 31 heavy (non-hydrogen) atoms. The van der Waals surface area contributed by atoms with Crippen molar-refractivity contribution in [1.82, 2.24) is 9.97 Å². The number of carbonyl (C=O) groups is 1. The van der Waals surface area contributed by atoms with Crippen LogP contribution < -0.4 is 20.5 Å². The van der Waals surface area contributed by atoms with Crippen LogP contribution in [-0.2, 0) is 4.79 Å². The molecule has 0 aliphatic rings. The van der Waals surface area contributed by atoms with Crippen LogP contribution in [0.4, 0.5) is 5.95 Å². The highest BCUT2D eigenvalue weighted by Gasteiger charge is 2.13. The number of anilines is 1. The van der Waals surface area contributed by atoms with Gasteiger partial charge in [-0.15, -0.1) is 0 Å². The minimum absolute atomic E-state index is 0.0683. The lowest BCUT2D eigenvalue weighted by atomic mass is 10.1. The number of nitriles is 1. The van der Waals surface area contributed by atoms with Crippen molar-refractivity contribution in [3.8, 4) is 28.8 Å². The molecule has 3 rings (SSSR count). The number of aromatic amines is 1. The van der Waals surface area contributed by atoms with Gasteiger partial charge in [-0.05, 0) is 28.1 Å². The van der Waals surface area contributed by atoms with Crippen LogP contribution in [0.5, 0.6) is 11.5 Å². The lowest BCUT2D eigenvalue weighted by Crippen LogP contribution is -2.16. The van der Waals surface area contributed by atoms with Gasteiger partial charge in [0.15, 0.2) is 11.5 Å². The highest BCUT2D eigenvalue weighted by Crippen LogP contribution is 2.33. The van der Waals surface area contributed by atoms with Crippen LogP contribution in [0.15, 0.2) is 56.8 Å². The minimum atomic E-state index is -0.581. The van der Waals surface area contributed by atoms with Crippen molar-refractivity contribution < 1.29 is 14.3 Å².